The van der Waals surface area contributed by atoms with Gasteiger partial charge < -0.3 is 10.1 Å². The van der Waals surface area contributed by atoms with E-state index in [1.807, 2.05) is 13.8 Å². The van der Waals surface area contributed by atoms with Gasteiger partial charge in [-0.15, -0.1) is 0 Å². The normalized spacial score (nSPS) is 34.9. The molecule has 2 atom stereocenters. The molecule has 0 unspecified atom stereocenters. The molecule has 0 bridgehead atoms. The molecule has 0 aromatic rings. The van der Waals surface area contributed by atoms with Crippen LogP contribution >= 0.6 is 0 Å². The third kappa shape index (κ3) is 2.40. The van der Waals surface area contributed by atoms with Gasteiger partial charge in [-0.2, -0.15) is 4.31 Å². The Balaban J connectivity index is 2.24. The van der Waals surface area contributed by atoms with Crippen LogP contribution < -0.4 is 5.32 Å². The maximum absolute atomic E-state index is 12.1. The highest BCUT2D eigenvalue weighted by Gasteiger charge is 2.41. The third-order valence-corrected chi connectivity index (χ3v) is 4.89. The second-order valence-corrected chi connectivity index (χ2v) is 6.96. The maximum Gasteiger partial charge on any atom is 0.216 e. The van der Waals surface area contributed by atoms with Crippen LogP contribution in [0.1, 0.15) is 13.8 Å². The van der Waals surface area contributed by atoms with Crippen LogP contribution in [0, 0.1) is 5.92 Å². The van der Waals surface area contributed by atoms with Gasteiger partial charge in [0.05, 0.1) is 24.5 Å². The Morgan fingerprint density at radius 1 is 1.44 bits per heavy atom. The minimum absolute atomic E-state index is 0.0186. The Morgan fingerprint density at radius 3 is 2.88 bits per heavy atom. The van der Waals surface area contributed by atoms with Crippen LogP contribution in [0.5, 0.6) is 0 Å². The minimum atomic E-state index is -3.14. The van der Waals surface area contributed by atoms with E-state index < -0.39 is 10.0 Å². The van der Waals surface area contributed by atoms with Crippen LogP contribution in [0.3, 0.4) is 0 Å². The molecule has 16 heavy (non-hydrogen) atoms. The number of hydrogen-bond acceptors (Lipinski definition) is 4. The highest BCUT2D eigenvalue weighted by Crippen LogP contribution is 2.21. The van der Waals surface area contributed by atoms with E-state index in [1.165, 1.54) is 0 Å². The summed E-state index contributed by atoms with van der Waals surface area (Å²) in [4.78, 5) is 0. The van der Waals surface area contributed by atoms with E-state index in [0.29, 0.717) is 25.6 Å². The van der Waals surface area contributed by atoms with Crippen LogP contribution in [-0.2, 0) is 14.8 Å². The van der Waals surface area contributed by atoms with Gasteiger partial charge in [0.2, 0.25) is 10.0 Å². The molecule has 1 N–H and O–H groups in total. The van der Waals surface area contributed by atoms with Crippen LogP contribution in [0.2, 0.25) is 0 Å². The van der Waals surface area contributed by atoms with Crippen molar-refractivity contribution in [3.8, 4) is 0 Å². The third-order valence-electron chi connectivity index (χ3n) is 3.07. The summed E-state index contributed by atoms with van der Waals surface area (Å²) in [6.45, 7) is 6.46. The van der Waals surface area contributed by atoms with Gasteiger partial charge in [0.1, 0.15) is 0 Å². The SMILES string of the molecule is CC(C)CN1[C@@H]2CNC[C@@H]2OCCS1(=O)=O. The number of nitrogens with zero attached hydrogens (tertiary/aromatic N) is 1. The monoisotopic (exact) mass is 248 g/mol. The molecule has 2 saturated heterocycles. The second kappa shape index (κ2) is 4.60. The van der Waals surface area contributed by atoms with Crippen molar-refractivity contribution >= 4 is 10.0 Å². The number of fused-ring (bicyclic) bond motifs is 1. The molecule has 2 aliphatic rings. The molecule has 94 valence electrons. The Morgan fingerprint density at radius 2 is 2.19 bits per heavy atom. The standard InChI is InChI=1S/C10H20N2O3S/c1-8(2)7-12-9-5-11-6-10(9)15-3-4-16(12,13)14/h8-11H,3-7H2,1-2H3/t9-,10+/m1/s1. The molecule has 0 amide bonds. The van der Waals surface area contributed by atoms with Gasteiger partial charge in [-0.05, 0) is 5.92 Å². The van der Waals surface area contributed by atoms with E-state index in [1.54, 1.807) is 4.31 Å². The summed E-state index contributed by atoms with van der Waals surface area (Å²) in [5.74, 6) is 0.460. The first-order chi connectivity index (χ1) is 7.50. The van der Waals surface area contributed by atoms with Gasteiger partial charge in [0, 0.05) is 19.6 Å². The molecule has 2 fully saturated rings. The van der Waals surface area contributed by atoms with Crippen LogP contribution in [0.15, 0.2) is 0 Å². The van der Waals surface area contributed by atoms with Crippen molar-refractivity contribution in [2.24, 2.45) is 5.92 Å². The number of hydrogen-bond donors (Lipinski definition) is 1. The molecule has 0 aromatic carbocycles. The molecule has 0 aliphatic carbocycles. The van der Waals surface area contributed by atoms with Crippen molar-refractivity contribution in [1.82, 2.24) is 9.62 Å². The molecule has 2 heterocycles. The van der Waals surface area contributed by atoms with Crippen molar-refractivity contribution < 1.29 is 13.2 Å². The zero-order valence-corrected chi connectivity index (χ0v) is 10.7. The molecular weight excluding hydrogens is 228 g/mol. The summed E-state index contributed by atoms with van der Waals surface area (Å²) in [7, 11) is -3.14. The summed E-state index contributed by atoms with van der Waals surface area (Å²) < 4.78 is 31.4. The zero-order chi connectivity index (χ0) is 11.8. The number of rotatable bonds is 2. The van der Waals surface area contributed by atoms with Crippen LogP contribution in [-0.4, -0.2) is 56.9 Å². The van der Waals surface area contributed by atoms with Gasteiger partial charge in [0.15, 0.2) is 0 Å². The fourth-order valence-electron chi connectivity index (χ4n) is 2.34. The molecule has 0 radical (unpaired) electrons. The lowest BCUT2D eigenvalue weighted by Crippen LogP contribution is -2.47. The summed E-state index contributed by atoms with van der Waals surface area (Å²) >= 11 is 0. The van der Waals surface area contributed by atoms with Gasteiger partial charge in [-0.25, -0.2) is 8.42 Å². The summed E-state index contributed by atoms with van der Waals surface area (Å²) in [6, 6.07) is -0.0186. The first-order valence-electron chi connectivity index (χ1n) is 5.82. The van der Waals surface area contributed by atoms with E-state index in [4.69, 9.17) is 4.74 Å². The highest BCUT2D eigenvalue weighted by molar-refractivity contribution is 7.89. The first kappa shape index (κ1) is 12.3. The fourth-order valence-corrected chi connectivity index (χ4v) is 4.02. The fraction of sp³-hybridized carbons (Fsp3) is 1.00. The molecule has 0 aromatic heterocycles. The summed E-state index contributed by atoms with van der Waals surface area (Å²) in [6.07, 6.45) is 0.0241. The van der Waals surface area contributed by atoms with Gasteiger partial charge in [-0.3, -0.25) is 0 Å². The van der Waals surface area contributed by atoms with Crippen molar-refractivity contribution in [1.29, 1.82) is 0 Å². The minimum Gasteiger partial charge on any atom is -0.374 e. The Kier molecular flexibility index (Phi) is 3.53. The number of ether oxygens (including phenoxy) is 1. The van der Waals surface area contributed by atoms with E-state index in [2.05, 4.69) is 5.32 Å². The lowest BCUT2D eigenvalue weighted by Gasteiger charge is -2.29. The van der Waals surface area contributed by atoms with E-state index in [9.17, 15) is 8.42 Å². The predicted molar refractivity (Wildman–Crippen MR) is 61.7 cm³/mol. The van der Waals surface area contributed by atoms with Crippen molar-refractivity contribution in [3.05, 3.63) is 0 Å². The Labute approximate surface area is 97.2 Å². The molecule has 0 spiro atoms. The number of sulfonamides is 1. The van der Waals surface area contributed by atoms with Crippen molar-refractivity contribution in [2.75, 3.05) is 32.0 Å². The molecule has 5 nitrogen and oxygen atoms in total. The highest BCUT2D eigenvalue weighted by atomic mass is 32.2. The Hall–Kier alpha value is -0.170. The summed E-state index contributed by atoms with van der Waals surface area (Å²) in [5, 5.41) is 3.20. The van der Waals surface area contributed by atoms with Gasteiger partial charge >= 0.3 is 0 Å². The van der Waals surface area contributed by atoms with Crippen molar-refractivity contribution in [2.45, 2.75) is 26.0 Å². The Bertz CT molecular complexity index is 342. The zero-order valence-electron chi connectivity index (χ0n) is 9.85. The van der Waals surface area contributed by atoms with E-state index >= 15 is 0 Å². The smallest absolute Gasteiger partial charge is 0.216 e. The van der Waals surface area contributed by atoms with Gasteiger partial charge in [-0.1, -0.05) is 13.8 Å². The molecule has 2 rings (SSSR count). The largest absolute Gasteiger partial charge is 0.374 e. The molecular formula is C10H20N2O3S. The lowest BCUT2D eigenvalue weighted by molar-refractivity contribution is 0.0490. The number of nitrogens with one attached hydrogen (secondary N) is 1. The molecule has 6 heteroatoms. The quantitative estimate of drug-likeness (QED) is 0.725. The molecule has 2 aliphatic heterocycles. The van der Waals surface area contributed by atoms with Crippen LogP contribution in [0.25, 0.3) is 0 Å². The molecule has 0 saturated carbocycles. The maximum atomic E-state index is 12.1. The average molecular weight is 248 g/mol. The van der Waals surface area contributed by atoms with Crippen molar-refractivity contribution in [3.63, 3.8) is 0 Å². The lowest BCUT2D eigenvalue weighted by atomic mass is 10.1. The average Bonchev–Trinajstić information content (AvgIpc) is 2.57. The first-order valence-corrected chi connectivity index (χ1v) is 7.43. The summed E-state index contributed by atoms with van der Waals surface area (Å²) in [5.41, 5.74) is 0. The van der Waals surface area contributed by atoms with E-state index in [0.717, 1.165) is 6.54 Å². The predicted octanol–water partition coefficient (Wildman–Crippen LogP) is -0.355. The van der Waals surface area contributed by atoms with Crippen LogP contribution in [0.4, 0.5) is 0 Å². The topological polar surface area (TPSA) is 58.6 Å². The van der Waals surface area contributed by atoms with E-state index in [-0.39, 0.29) is 17.9 Å². The van der Waals surface area contributed by atoms with Gasteiger partial charge in [0.25, 0.3) is 0 Å². The second-order valence-electron chi connectivity index (χ2n) is 4.91.